The molecular formula is C28H37N3O5. The zero-order valence-electron chi connectivity index (χ0n) is 21.9. The number of aliphatic hydroxyl groups excluding tert-OH is 1. The maximum atomic E-state index is 13.4. The largest absolute Gasteiger partial charge is 0.507 e. The molecule has 0 spiro atoms. The number of nitrogens with zero attached hydrogens (tertiary/aromatic N) is 2. The Bertz CT molecular complexity index is 1180. The molecule has 36 heavy (non-hydrogen) atoms. The number of H-pyrrole nitrogens is 1. The van der Waals surface area contributed by atoms with Gasteiger partial charge in [0.05, 0.1) is 25.3 Å². The van der Waals surface area contributed by atoms with Gasteiger partial charge in [-0.3, -0.25) is 9.59 Å². The van der Waals surface area contributed by atoms with Crippen molar-refractivity contribution in [3.05, 3.63) is 51.9 Å². The highest BCUT2D eigenvalue weighted by molar-refractivity contribution is 6.46. The molecule has 8 heteroatoms. The lowest BCUT2D eigenvalue weighted by Crippen LogP contribution is -2.40. The molecule has 0 bridgehead atoms. The number of aromatic amines is 1. The molecule has 194 valence electrons. The van der Waals surface area contributed by atoms with E-state index >= 15 is 0 Å². The third-order valence-corrected chi connectivity index (χ3v) is 7.37. The quantitative estimate of drug-likeness (QED) is 0.323. The topological polar surface area (TPSA) is 95.1 Å². The summed E-state index contributed by atoms with van der Waals surface area (Å²) >= 11 is 0. The van der Waals surface area contributed by atoms with Crippen molar-refractivity contribution < 1.29 is 24.2 Å². The summed E-state index contributed by atoms with van der Waals surface area (Å²) in [5.41, 5.74) is 3.89. The minimum Gasteiger partial charge on any atom is -0.507 e. The van der Waals surface area contributed by atoms with Crippen molar-refractivity contribution in [2.45, 2.75) is 53.0 Å². The number of Topliss-reactive ketones (excluding diaryl/α,β-unsaturated/α-hetero) is 1. The first kappa shape index (κ1) is 25.8. The SMILES string of the molecule is CCOc1ccc(C2/C(=C(\O)c3c(C)[nH]c(C)c3C)C(=O)C(=O)N2CCN2CCCCC2)cc1OC. The highest BCUT2D eigenvalue weighted by Crippen LogP contribution is 2.43. The fourth-order valence-corrected chi connectivity index (χ4v) is 5.41. The average molecular weight is 496 g/mol. The van der Waals surface area contributed by atoms with Crippen LogP contribution < -0.4 is 9.47 Å². The van der Waals surface area contributed by atoms with Crippen molar-refractivity contribution in [3.8, 4) is 11.5 Å². The lowest BCUT2D eigenvalue weighted by molar-refractivity contribution is -0.140. The van der Waals surface area contributed by atoms with E-state index in [-0.39, 0.29) is 11.3 Å². The zero-order chi connectivity index (χ0) is 26.0. The monoisotopic (exact) mass is 495 g/mol. The molecule has 1 atom stereocenters. The molecule has 2 fully saturated rings. The number of carbonyl (C=O) groups is 2. The van der Waals surface area contributed by atoms with Crippen molar-refractivity contribution in [3.63, 3.8) is 0 Å². The molecule has 1 aromatic heterocycles. The number of nitrogens with one attached hydrogen (secondary N) is 1. The average Bonchev–Trinajstić information content (AvgIpc) is 3.28. The van der Waals surface area contributed by atoms with Crippen molar-refractivity contribution in [2.75, 3.05) is 39.9 Å². The third kappa shape index (κ3) is 4.74. The van der Waals surface area contributed by atoms with Gasteiger partial charge in [0.2, 0.25) is 0 Å². The predicted molar refractivity (Wildman–Crippen MR) is 138 cm³/mol. The van der Waals surface area contributed by atoms with Gasteiger partial charge in [-0.1, -0.05) is 12.5 Å². The van der Waals surface area contributed by atoms with Crippen LogP contribution in [0.5, 0.6) is 11.5 Å². The van der Waals surface area contributed by atoms with Crippen molar-refractivity contribution in [2.24, 2.45) is 0 Å². The number of aryl methyl sites for hydroxylation is 2. The Labute approximate surface area is 212 Å². The van der Waals surface area contributed by atoms with Gasteiger partial charge in [0.25, 0.3) is 11.7 Å². The molecule has 4 rings (SSSR count). The van der Waals surface area contributed by atoms with E-state index < -0.39 is 17.7 Å². The van der Waals surface area contributed by atoms with Gasteiger partial charge in [-0.05, 0) is 76.9 Å². The van der Waals surface area contributed by atoms with Crippen LogP contribution in [0.25, 0.3) is 5.76 Å². The van der Waals surface area contributed by atoms with E-state index in [4.69, 9.17) is 9.47 Å². The van der Waals surface area contributed by atoms with Gasteiger partial charge in [-0.25, -0.2) is 0 Å². The summed E-state index contributed by atoms with van der Waals surface area (Å²) in [6, 6.07) is 4.70. The van der Waals surface area contributed by atoms with Crippen molar-refractivity contribution in [1.82, 2.24) is 14.8 Å². The third-order valence-electron chi connectivity index (χ3n) is 7.37. The Morgan fingerprint density at radius 3 is 2.39 bits per heavy atom. The number of amides is 1. The fourth-order valence-electron chi connectivity index (χ4n) is 5.41. The Kier molecular flexibility index (Phi) is 7.73. The van der Waals surface area contributed by atoms with Gasteiger partial charge < -0.3 is 29.4 Å². The van der Waals surface area contributed by atoms with Gasteiger partial charge >= 0.3 is 0 Å². The standard InChI is InChI=1S/C28H37N3O5/c1-6-36-21-11-10-20(16-22(21)35-5)25-24(26(32)23-17(2)18(3)29-19(23)4)27(33)28(34)31(25)15-14-30-12-8-7-9-13-30/h10-11,16,25,29,32H,6-9,12-15H2,1-5H3/b26-24+. The number of hydrogen-bond acceptors (Lipinski definition) is 6. The number of aliphatic hydroxyl groups is 1. The number of benzene rings is 1. The Morgan fingerprint density at radius 1 is 1.06 bits per heavy atom. The molecule has 2 N–H and O–H groups in total. The van der Waals surface area contributed by atoms with Gasteiger partial charge in [0.1, 0.15) is 5.76 Å². The number of rotatable bonds is 8. The molecule has 1 unspecified atom stereocenters. The first-order chi connectivity index (χ1) is 17.3. The van der Waals surface area contributed by atoms with Crippen LogP contribution in [0, 0.1) is 20.8 Å². The minimum absolute atomic E-state index is 0.107. The van der Waals surface area contributed by atoms with E-state index in [0.717, 1.165) is 42.9 Å². The summed E-state index contributed by atoms with van der Waals surface area (Å²) in [4.78, 5) is 34.0. The van der Waals surface area contributed by atoms with Crippen LogP contribution in [0.2, 0.25) is 0 Å². The second-order valence-corrected chi connectivity index (χ2v) is 9.61. The summed E-state index contributed by atoms with van der Waals surface area (Å²) in [6.07, 6.45) is 3.51. The lowest BCUT2D eigenvalue weighted by Gasteiger charge is -2.31. The van der Waals surface area contributed by atoms with Crippen LogP contribution >= 0.6 is 0 Å². The predicted octanol–water partition coefficient (Wildman–Crippen LogP) is 4.25. The van der Waals surface area contributed by atoms with E-state index in [2.05, 4.69) is 9.88 Å². The van der Waals surface area contributed by atoms with Crippen LogP contribution in [-0.2, 0) is 9.59 Å². The Balaban J connectivity index is 1.82. The molecule has 0 aliphatic carbocycles. The summed E-state index contributed by atoms with van der Waals surface area (Å²) < 4.78 is 11.2. The van der Waals surface area contributed by atoms with E-state index in [1.165, 1.54) is 6.42 Å². The number of ketones is 1. The lowest BCUT2D eigenvalue weighted by atomic mass is 9.94. The van der Waals surface area contributed by atoms with Gasteiger partial charge in [-0.2, -0.15) is 0 Å². The number of carbonyl (C=O) groups excluding carboxylic acids is 2. The maximum absolute atomic E-state index is 13.4. The minimum atomic E-state index is -0.728. The van der Waals surface area contributed by atoms with Gasteiger partial charge in [-0.15, -0.1) is 0 Å². The van der Waals surface area contributed by atoms with Gasteiger partial charge in [0.15, 0.2) is 11.5 Å². The molecular weight excluding hydrogens is 458 g/mol. The number of likely N-dealkylation sites (tertiary alicyclic amines) is 2. The van der Waals surface area contributed by atoms with Crippen LogP contribution in [0.1, 0.15) is 60.3 Å². The number of aromatic nitrogens is 1. The van der Waals surface area contributed by atoms with Crippen LogP contribution in [0.15, 0.2) is 23.8 Å². The number of methoxy groups -OCH3 is 1. The van der Waals surface area contributed by atoms with E-state index in [1.807, 2.05) is 33.8 Å². The molecule has 8 nitrogen and oxygen atoms in total. The number of hydrogen-bond donors (Lipinski definition) is 2. The zero-order valence-corrected chi connectivity index (χ0v) is 21.9. The highest BCUT2D eigenvalue weighted by Gasteiger charge is 2.46. The number of ether oxygens (including phenoxy) is 2. The summed E-state index contributed by atoms with van der Waals surface area (Å²) in [7, 11) is 1.56. The molecule has 0 radical (unpaired) electrons. The molecule has 0 saturated carbocycles. The highest BCUT2D eigenvalue weighted by atomic mass is 16.5. The second-order valence-electron chi connectivity index (χ2n) is 9.61. The first-order valence-electron chi connectivity index (χ1n) is 12.8. The first-order valence-corrected chi connectivity index (χ1v) is 12.8. The van der Waals surface area contributed by atoms with E-state index in [0.29, 0.717) is 42.3 Å². The summed E-state index contributed by atoms with van der Waals surface area (Å²) in [5.74, 6) is -0.301. The van der Waals surface area contributed by atoms with Crippen molar-refractivity contribution >= 4 is 17.4 Å². The molecule has 2 aliphatic rings. The number of piperidine rings is 1. The second kappa shape index (κ2) is 10.8. The normalized spacial score (nSPS) is 20.2. The van der Waals surface area contributed by atoms with Crippen molar-refractivity contribution in [1.29, 1.82) is 0 Å². The Morgan fingerprint density at radius 2 is 1.78 bits per heavy atom. The van der Waals surface area contributed by atoms with Crippen LogP contribution in [-0.4, -0.2) is 71.5 Å². The van der Waals surface area contributed by atoms with Crippen LogP contribution in [0.3, 0.4) is 0 Å². The molecule has 2 aromatic rings. The van der Waals surface area contributed by atoms with E-state index in [9.17, 15) is 14.7 Å². The summed E-state index contributed by atoms with van der Waals surface area (Å²) in [5, 5.41) is 11.5. The smallest absolute Gasteiger partial charge is 0.295 e. The summed E-state index contributed by atoms with van der Waals surface area (Å²) in [6.45, 7) is 11.1. The maximum Gasteiger partial charge on any atom is 0.295 e. The molecule has 3 heterocycles. The van der Waals surface area contributed by atoms with E-state index in [1.54, 1.807) is 24.1 Å². The molecule has 1 aromatic carbocycles. The molecule has 2 saturated heterocycles. The Hall–Kier alpha value is -3.26. The van der Waals surface area contributed by atoms with Gasteiger partial charge in [0, 0.05) is 30.0 Å². The molecule has 2 aliphatic heterocycles. The van der Waals surface area contributed by atoms with Crippen LogP contribution in [0.4, 0.5) is 0 Å². The fraction of sp³-hybridized carbons (Fsp3) is 0.500. The molecule has 1 amide bonds.